The van der Waals surface area contributed by atoms with Crippen molar-refractivity contribution < 1.29 is 13.2 Å². The molecule has 4 nitrogen and oxygen atoms in total. The molecule has 0 aliphatic heterocycles. The summed E-state index contributed by atoms with van der Waals surface area (Å²) in [6.07, 6.45) is 5.81. The summed E-state index contributed by atoms with van der Waals surface area (Å²) in [7, 11) is -3.62. The first-order valence-electron chi connectivity index (χ1n) is 8.40. The molecule has 0 atom stereocenters. The highest BCUT2D eigenvalue weighted by atomic mass is 32.2. The number of aryl methyl sites for hydroxylation is 1. The summed E-state index contributed by atoms with van der Waals surface area (Å²) in [4.78, 5) is 0.251. The number of nitrogens with one attached hydrogen (secondary N) is 1. The average molecular weight is 345 g/mol. The predicted octanol–water partition coefficient (Wildman–Crippen LogP) is 4.51. The van der Waals surface area contributed by atoms with Crippen LogP contribution in [0, 0.1) is 6.92 Å². The van der Waals surface area contributed by atoms with Crippen molar-refractivity contribution >= 4 is 15.7 Å². The van der Waals surface area contributed by atoms with Gasteiger partial charge in [-0.2, -0.15) is 0 Å². The van der Waals surface area contributed by atoms with Crippen LogP contribution in [-0.4, -0.2) is 14.5 Å². The highest BCUT2D eigenvalue weighted by Crippen LogP contribution is 2.30. The van der Waals surface area contributed by atoms with Crippen molar-refractivity contribution in [3.63, 3.8) is 0 Å². The molecule has 0 amide bonds. The van der Waals surface area contributed by atoms with E-state index in [0.717, 1.165) is 18.4 Å². The lowest BCUT2D eigenvalue weighted by molar-refractivity contribution is 0.156. The molecule has 3 rings (SSSR count). The van der Waals surface area contributed by atoms with Crippen molar-refractivity contribution in [1.29, 1.82) is 0 Å². The lowest BCUT2D eigenvalue weighted by atomic mass is 9.98. The van der Waals surface area contributed by atoms with E-state index in [0.29, 0.717) is 11.4 Å². The number of ether oxygens (including phenoxy) is 1. The fraction of sp³-hybridized carbons (Fsp3) is 0.368. The smallest absolute Gasteiger partial charge is 0.262 e. The summed E-state index contributed by atoms with van der Waals surface area (Å²) in [5.41, 5.74) is 1.51. The zero-order valence-electron chi connectivity index (χ0n) is 13.9. The summed E-state index contributed by atoms with van der Waals surface area (Å²) in [5.74, 6) is 0.597. The third-order valence-corrected chi connectivity index (χ3v) is 5.69. The summed E-state index contributed by atoms with van der Waals surface area (Å²) in [6.45, 7) is 1.93. The molecule has 24 heavy (non-hydrogen) atoms. The van der Waals surface area contributed by atoms with Gasteiger partial charge in [0.25, 0.3) is 10.0 Å². The number of benzene rings is 2. The summed E-state index contributed by atoms with van der Waals surface area (Å²) < 4.78 is 33.9. The Morgan fingerprint density at radius 3 is 2.33 bits per heavy atom. The number of para-hydroxylation sites is 2. The van der Waals surface area contributed by atoms with Crippen molar-refractivity contribution in [3.8, 4) is 5.75 Å². The zero-order chi connectivity index (χ0) is 17.0. The van der Waals surface area contributed by atoms with Crippen molar-refractivity contribution in [2.45, 2.75) is 50.0 Å². The Morgan fingerprint density at radius 1 is 0.958 bits per heavy atom. The minimum atomic E-state index is -3.62. The third kappa shape index (κ3) is 4.09. The summed E-state index contributed by atoms with van der Waals surface area (Å²) >= 11 is 0. The molecule has 0 heterocycles. The van der Waals surface area contributed by atoms with Crippen LogP contribution in [0.15, 0.2) is 53.4 Å². The lowest BCUT2D eigenvalue weighted by Crippen LogP contribution is -2.21. The molecule has 0 saturated heterocycles. The molecule has 1 aliphatic carbocycles. The molecule has 2 aromatic rings. The second-order valence-corrected chi connectivity index (χ2v) is 7.97. The van der Waals surface area contributed by atoms with E-state index in [1.807, 2.05) is 19.1 Å². The van der Waals surface area contributed by atoms with E-state index < -0.39 is 10.0 Å². The van der Waals surface area contributed by atoms with Gasteiger partial charge in [-0.1, -0.05) is 36.2 Å². The van der Waals surface area contributed by atoms with E-state index in [-0.39, 0.29) is 11.0 Å². The Bertz CT molecular complexity index is 779. The van der Waals surface area contributed by atoms with Crippen molar-refractivity contribution in [1.82, 2.24) is 0 Å². The number of sulfonamides is 1. The molecule has 0 aromatic heterocycles. The van der Waals surface area contributed by atoms with Crippen molar-refractivity contribution in [2.24, 2.45) is 0 Å². The number of hydrogen-bond donors (Lipinski definition) is 1. The van der Waals surface area contributed by atoms with E-state index >= 15 is 0 Å². The van der Waals surface area contributed by atoms with Crippen molar-refractivity contribution in [2.75, 3.05) is 4.72 Å². The molecule has 1 saturated carbocycles. The van der Waals surface area contributed by atoms with Gasteiger partial charge in [0.1, 0.15) is 5.75 Å². The molecule has 1 N–H and O–H groups in total. The van der Waals surface area contributed by atoms with Crippen LogP contribution >= 0.6 is 0 Å². The first-order valence-corrected chi connectivity index (χ1v) is 9.88. The van der Waals surface area contributed by atoms with Gasteiger partial charge in [0.05, 0.1) is 16.7 Å². The van der Waals surface area contributed by atoms with E-state index in [1.165, 1.54) is 19.3 Å². The monoisotopic (exact) mass is 345 g/mol. The van der Waals surface area contributed by atoms with E-state index in [4.69, 9.17) is 4.74 Å². The van der Waals surface area contributed by atoms with Gasteiger partial charge in [0.2, 0.25) is 0 Å². The minimum Gasteiger partial charge on any atom is -0.488 e. The largest absolute Gasteiger partial charge is 0.488 e. The number of rotatable bonds is 5. The Labute approximate surface area is 143 Å². The van der Waals surface area contributed by atoms with Gasteiger partial charge in [0, 0.05) is 0 Å². The Kier molecular flexibility index (Phi) is 5.09. The van der Waals surface area contributed by atoms with Gasteiger partial charge in [-0.05, 0) is 56.9 Å². The quantitative estimate of drug-likeness (QED) is 0.867. The van der Waals surface area contributed by atoms with E-state index in [1.54, 1.807) is 36.4 Å². The fourth-order valence-electron chi connectivity index (χ4n) is 2.94. The maximum Gasteiger partial charge on any atom is 0.262 e. The van der Waals surface area contributed by atoms with Gasteiger partial charge in [-0.15, -0.1) is 0 Å². The normalized spacial score (nSPS) is 15.9. The minimum absolute atomic E-state index is 0.170. The molecule has 0 spiro atoms. The van der Waals surface area contributed by atoms with Crippen LogP contribution in [0.1, 0.15) is 37.7 Å². The summed E-state index contributed by atoms with van der Waals surface area (Å²) in [6, 6.07) is 14.0. The van der Waals surface area contributed by atoms with Crippen LogP contribution in [0.3, 0.4) is 0 Å². The van der Waals surface area contributed by atoms with Gasteiger partial charge in [0.15, 0.2) is 0 Å². The van der Waals surface area contributed by atoms with Crippen LogP contribution in [0.5, 0.6) is 5.75 Å². The van der Waals surface area contributed by atoms with Crippen LogP contribution in [0.4, 0.5) is 5.69 Å². The number of anilines is 1. The SMILES string of the molecule is Cc1ccc(S(=O)(=O)Nc2ccccc2OC2CCCCC2)cc1. The molecular weight excluding hydrogens is 322 g/mol. The predicted molar refractivity (Wildman–Crippen MR) is 95.9 cm³/mol. The molecule has 0 bridgehead atoms. The maximum absolute atomic E-state index is 12.6. The molecule has 0 unspecified atom stereocenters. The molecular formula is C19H23NO3S. The van der Waals surface area contributed by atoms with Crippen LogP contribution in [0.2, 0.25) is 0 Å². The van der Waals surface area contributed by atoms with Gasteiger partial charge in [-0.3, -0.25) is 4.72 Å². The van der Waals surface area contributed by atoms with E-state index in [9.17, 15) is 8.42 Å². The van der Waals surface area contributed by atoms with Crippen molar-refractivity contribution in [3.05, 3.63) is 54.1 Å². The third-order valence-electron chi connectivity index (χ3n) is 4.31. The molecule has 1 fully saturated rings. The van der Waals surface area contributed by atoms with Gasteiger partial charge >= 0.3 is 0 Å². The molecule has 1 aliphatic rings. The summed E-state index contributed by atoms with van der Waals surface area (Å²) in [5, 5.41) is 0. The highest BCUT2D eigenvalue weighted by molar-refractivity contribution is 7.92. The standard InChI is InChI=1S/C19H23NO3S/c1-15-11-13-17(14-12-15)24(21,22)20-18-9-5-6-10-19(18)23-16-7-3-2-4-8-16/h5-6,9-14,16,20H,2-4,7-8H2,1H3. The lowest BCUT2D eigenvalue weighted by Gasteiger charge is -2.24. The Hall–Kier alpha value is -2.01. The van der Waals surface area contributed by atoms with Crippen LogP contribution < -0.4 is 9.46 Å². The topological polar surface area (TPSA) is 55.4 Å². The average Bonchev–Trinajstić information content (AvgIpc) is 2.58. The Balaban J connectivity index is 1.80. The first-order chi connectivity index (χ1) is 11.5. The zero-order valence-corrected chi connectivity index (χ0v) is 14.7. The number of hydrogen-bond acceptors (Lipinski definition) is 3. The second kappa shape index (κ2) is 7.26. The molecule has 5 heteroatoms. The maximum atomic E-state index is 12.6. The fourth-order valence-corrected chi connectivity index (χ4v) is 4.01. The van der Waals surface area contributed by atoms with Gasteiger partial charge < -0.3 is 4.74 Å². The molecule has 2 aromatic carbocycles. The molecule has 128 valence electrons. The second-order valence-electron chi connectivity index (χ2n) is 6.29. The highest BCUT2D eigenvalue weighted by Gasteiger charge is 2.19. The first kappa shape index (κ1) is 16.8. The Morgan fingerprint density at radius 2 is 1.62 bits per heavy atom. The van der Waals surface area contributed by atoms with Gasteiger partial charge in [-0.25, -0.2) is 8.42 Å². The van der Waals surface area contributed by atoms with E-state index in [2.05, 4.69) is 4.72 Å². The van der Waals surface area contributed by atoms with Crippen LogP contribution in [0.25, 0.3) is 0 Å². The van der Waals surface area contributed by atoms with Crippen LogP contribution in [-0.2, 0) is 10.0 Å². The molecule has 0 radical (unpaired) electrons.